The topological polar surface area (TPSA) is 32.3 Å². The molecule has 1 N–H and O–H groups in total. The highest BCUT2D eigenvalue weighted by Crippen LogP contribution is 2.25. The second-order valence-electron chi connectivity index (χ2n) is 6.84. The van der Waals surface area contributed by atoms with E-state index >= 15 is 0 Å². The van der Waals surface area contributed by atoms with Gasteiger partial charge >= 0.3 is 0 Å². The molecule has 0 saturated carbocycles. The fourth-order valence-corrected chi connectivity index (χ4v) is 3.44. The molecule has 1 aliphatic rings. The van der Waals surface area contributed by atoms with Crippen LogP contribution in [0.1, 0.15) is 37.3 Å². The minimum Gasteiger partial charge on any atom is -0.351 e. The first kappa shape index (κ1) is 16.7. The third-order valence-electron chi connectivity index (χ3n) is 4.82. The van der Waals surface area contributed by atoms with Crippen molar-refractivity contribution in [3.63, 3.8) is 0 Å². The van der Waals surface area contributed by atoms with E-state index in [0.29, 0.717) is 6.04 Å². The Bertz CT molecular complexity index is 615. The fourth-order valence-electron chi connectivity index (χ4n) is 3.44. The van der Waals surface area contributed by atoms with Crippen molar-refractivity contribution in [2.45, 2.75) is 38.3 Å². The minimum atomic E-state index is -0.250. The summed E-state index contributed by atoms with van der Waals surface area (Å²) in [5.74, 6) is -0.150. The third-order valence-corrected chi connectivity index (χ3v) is 4.82. The molecule has 3 rings (SSSR count). The number of nitrogens with one attached hydrogen (secondary N) is 1. The molecule has 1 atom stereocenters. The van der Waals surface area contributed by atoms with E-state index < -0.39 is 0 Å². The third kappa shape index (κ3) is 3.85. The van der Waals surface area contributed by atoms with Gasteiger partial charge in [0.2, 0.25) is 5.91 Å². The summed E-state index contributed by atoms with van der Waals surface area (Å²) in [6, 6.07) is 20.9. The normalized spacial score (nSPS) is 18.2. The molecule has 24 heavy (non-hydrogen) atoms. The van der Waals surface area contributed by atoms with Crippen LogP contribution in [-0.2, 0) is 4.79 Å². The van der Waals surface area contributed by atoms with E-state index in [-0.39, 0.29) is 17.9 Å². The van der Waals surface area contributed by atoms with E-state index in [2.05, 4.69) is 24.1 Å². The summed E-state index contributed by atoms with van der Waals surface area (Å²) in [6.45, 7) is 6.42. The van der Waals surface area contributed by atoms with Gasteiger partial charge in [0.15, 0.2) is 0 Å². The van der Waals surface area contributed by atoms with Gasteiger partial charge in [-0.1, -0.05) is 60.7 Å². The Labute approximate surface area is 144 Å². The summed E-state index contributed by atoms with van der Waals surface area (Å²) in [7, 11) is 0. The van der Waals surface area contributed by atoms with E-state index in [4.69, 9.17) is 0 Å². The Balaban J connectivity index is 1.78. The Hall–Kier alpha value is -2.13. The molecule has 0 radical (unpaired) electrons. The van der Waals surface area contributed by atoms with Crippen LogP contribution in [0.5, 0.6) is 0 Å². The smallest absolute Gasteiger partial charge is 0.232 e. The minimum absolute atomic E-state index is 0.100. The van der Waals surface area contributed by atoms with Gasteiger partial charge in [-0.05, 0) is 31.4 Å². The van der Waals surface area contributed by atoms with Gasteiger partial charge in [-0.3, -0.25) is 9.69 Å². The maximum atomic E-state index is 13.0. The maximum absolute atomic E-state index is 13.0. The SMILES string of the molecule is CC(C)N1CCC(NC(=O)C(c2ccccc2)c2ccccc2)C1. The molecule has 1 amide bonds. The number of carbonyl (C=O) groups is 1. The van der Waals surface area contributed by atoms with Crippen molar-refractivity contribution in [3.8, 4) is 0 Å². The number of benzene rings is 2. The van der Waals surface area contributed by atoms with Gasteiger partial charge in [-0.25, -0.2) is 0 Å². The van der Waals surface area contributed by atoms with Crippen molar-refractivity contribution < 1.29 is 4.79 Å². The molecular weight excluding hydrogens is 296 g/mol. The van der Waals surface area contributed by atoms with Crippen molar-refractivity contribution >= 4 is 5.91 Å². The number of rotatable bonds is 5. The molecule has 0 spiro atoms. The molecule has 0 bridgehead atoms. The highest BCUT2D eigenvalue weighted by atomic mass is 16.2. The molecule has 3 nitrogen and oxygen atoms in total. The van der Waals surface area contributed by atoms with E-state index in [1.54, 1.807) is 0 Å². The zero-order chi connectivity index (χ0) is 16.9. The Morgan fingerprint density at radius 3 is 2.00 bits per heavy atom. The van der Waals surface area contributed by atoms with Gasteiger partial charge in [0.05, 0.1) is 5.92 Å². The molecule has 0 aliphatic carbocycles. The van der Waals surface area contributed by atoms with E-state index in [1.807, 2.05) is 60.7 Å². The average Bonchev–Trinajstić information content (AvgIpc) is 3.06. The molecule has 3 heteroatoms. The summed E-state index contributed by atoms with van der Waals surface area (Å²) in [5.41, 5.74) is 2.08. The summed E-state index contributed by atoms with van der Waals surface area (Å²) in [6.07, 6.45) is 1.03. The Morgan fingerprint density at radius 1 is 1.00 bits per heavy atom. The molecule has 1 heterocycles. The first-order chi connectivity index (χ1) is 11.6. The van der Waals surface area contributed by atoms with Crippen LogP contribution in [-0.4, -0.2) is 36.0 Å². The second kappa shape index (κ2) is 7.63. The van der Waals surface area contributed by atoms with Crippen molar-refractivity contribution in [2.24, 2.45) is 0 Å². The Kier molecular flexibility index (Phi) is 5.31. The molecule has 126 valence electrons. The molecule has 1 aliphatic heterocycles. The lowest BCUT2D eigenvalue weighted by molar-refractivity contribution is -0.122. The highest BCUT2D eigenvalue weighted by molar-refractivity contribution is 5.87. The van der Waals surface area contributed by atoms with Crippen LogP contribution in [0, 0.1) is 0 Å². The van der Waals surface area contributed by atoms with Gasteiger partial charge in [-0.2, -0.15) is 0 Å². The molecule has 2 aromatic carbocycles. The van der Waals surface area contributed by atoms with Crippen LogP contribution in [0.25, 0.3) is 0 Å². The monoisotopic (exact) mass is 322 g/mol. The number of carbonyl (C=O) groups excluding carboxylic acids is 1. The van der Waals surface area contributed by atoms with Crippen LogP contribution in [0.4, 0.5) is 0 Å². The van der Waals surface area contributed by atoms with Crippen LogP contribution in [0.2, 0.25) is 0 Å². The highest BCUT2D eigenvalue weighted by Gasteiger charge is 2.29. The van der Waals surface area contributed by atoms with Crippen molar-refractivity contribution in [1.82, 2.24) is 10.2 Å². The van der Waals surface area contributed by atoms with Crippen LogP contribution in [0.3, 0.4) is 0 Å². The summed E-state index contributed by atoms with van der Waals surface area (Å²) < 4.78 is 0. The van der Waals surface area contributed by atoms with Gasteiger partial charge in [0.25, 0.3) is 0 Å². The van der Waals surface area contributed by atoms with Gasteiger partial charge in [0, 0.05) is 25.2 Å². The first-order valence-corrected chi connectivity index (χ1v) is 8.79. The Morgan fingerprint density at radius 2 is 1.54 bits per heavy atom. The lowest BCUT2D eigenvalue weighted by Gasteiger charge is -2.23. The first-order valence-electron chi connectivity index (χ1n) is 8.79. The fraction of sp³-hybridized carbons (Fsp3) is 0.381. The predicted molar refractivity (Wildman–Crippen MR) is 98.0 cm³/mol. The van der Waals surface area contributed by atoms with E-state index in [1.165, 1.54) is 0 Å². The standard InChI is InChI=1S/C21H26N2O/c1-16(2)23-14-13-19(15-23)22-21(24)20(17-9-5-3-6-10-17)18-11-7-4-8-12-18/h3-12,16,19-20H,13-15H2,1-2H3,(H,22,24). The molecule has 1 saturated heterocycles. The van der Waals surface area contributed by atoms with Gasteiger partial charge in [0.1, 0.15) is 0 Å². The molecule has 0 aromatic heterocycles. The molecule has 1 unspecified atom stereocenters. The lowest BCUT2D eigenvalue weighted by atomic mass is 9.90. The maximum Gasteiger partial charge on any atom is 0.232 e. The zero-order valence-electron chi connectivity index (χ0n) is 14.5. The van der Waals surface area contributed by atoms with Gasteiger partial charge < -0.3 is 5.32 Å². The summed E-state index contributed by atoms with van der Waals surface area (Å²) in [5, 5.41) is 3.28. The quantitative estimate of drug-likeness (QED) is 0.915. The summed E-state index contributed by atoms with van der Waals surface area (Å²) in [4.78, 5) is 15.5. The van der Waals surface area contributed by atoms with Crippen LogP contribution in [0.15, 0.2) is 60.7 Å². The second-order valence-corrected chi connectivity index (χ2v) is 6.84. The number of nitrogens with zero attached hydrogens (tertiary/aromatic N) is 1. The summed E-state index contributed by atoms with van der Waals surface area (Å²) >= 11 is 0. The van der Waals surface area contributed by atoms with E-state index in [9.17, 15) is 4.79 Å². The predicted octanol–water partition coefficient (Wildman–Crippen LogP) is 3.42. The van der Waals surface area contributed by atoms with Crippen molar-refractivity contribution in [1.29, 1.82) is 0 Å². The van der Waals surface area contributed by atoms with E-state index in [0.717, 1.165) is 30.6 Å². The number of amides is 1. The number of likely N-dealkylation sites (tertiary alicyclic amines) is 1. The number of hydrogen-bond donors (Lipinski definition) is 1. The largest absolute Gasteiger partial charge is 0.351 e. The molecule has 2 aromatic rings. The molecule has 1 fully saturated rings. The van der Waals surface area contributed by atoms with Gasteiger partial charge in [-0.15, -0.1) is 0 Å². The number of hydrogen-bond acceptors (Lipinski definition) is 2. The van der Waals surface area contributed by atoms with Crippen molar-refractivity contribution in [2.75, 3.05) is 13.1 Å². The molecular formula is C21H26N2O. The van der Waals surface area contributed by atoms with Crippen LogP contribution >= 0.6 is 0 Å². The lowest BCUT2D eigenvalue weighted by Crippen LogP contribution is -2.41. The zero-order valence-corrected chi connectivity index (χ0v) is 14.5. The average molecular weight is 322 g/mol. The van der Waals surface area contributed by atoms with Crippen LogP contribution < -0.4 is 5.32 Å². The van der Waals surface area contributed by atoms with Crippen molar-refractivity contribution in [3.05, 3.63) is 71.8 Å².